The molecule has 0 unspecified atom stereocenters. The Hall–Kier alpha value is -3.27. The molecule has 0 fully saturated rings. The second kappa shape index (κ2) is 10.8. The fourth-order valence-electron chi connectivity index (χ4n) is 3.16. The van der Waals surface area contributed by atoms with Crippen molar-refractivity contribution in [1.29, 1.82) is 0 Å². The molecule has 167 valence electrons. The van der Waals surface area contributed by atoms with Gasteiger partial charge in [0.05, 0.1) is 23.4 Å². The number of aromatic carboxylic acids is 1. The van der Waals surface area contributed by atoms with E-state index in [2.05, 4.69) is 12.0 Å². The molecule has 0 amide bonds. The Bertz CT molecular complexity index is 1440. The van der Waals surface area contributed by atoms with Crippen LogP contribution in [-0.2, 0) is 16.6 Å². The molecule has 1 N–H and O–H groups in total. The van der Waals surface area contributed by atoms with Gasteiger partial charge in [-0.25, -0.2) is 13.5 Å². The van der Waals surface area contributed by atoms with Crippen molar-refractivity contribution in [2.24, 2.45) is 0 Å². The second-order valence-corrected chi connectivity index (χ2v) is 9.94. The summed E-state index contributed by atoms with van der Waals surface area (Å²) in [5.41, 5.74) is 1.26. The van der Waals surface area contributed by atoms with E-state index in [-0.39, 0.29) is 35.2 Å². The van der Waals surface area contributed by atoms with Crippen LogP contribution in [0.1, 0.15) is 21.5 Å². The number of aromatic nitrogens is 1. The van der Waals surface area contributed by atoms with Crippen molar-refractivity contribution in [2.75, 3.05) is 0 Å². The molecule has 0 spiro atoms. The van der Waals surface area contributed by atoms with E-state index in [4.69, 9.17) is 0 Å². The number of benzene rings is 2. The van der Waals surface area contributed by atoms with Crippen LogP contribution in [0.4, 0.5) is 4.39 Å². The van der Waals surface area contributed by atoms with Gasteiger partial charge in [0.25, 0.3) is 10.0 Å². The van der Waals surface area contributed by atoms with Crippen molar-refractivity contribution in [2.45, 2.75) is 10.8 Å². The zero-order chi connectivity index (χ0) is 23.4. The number of carboxylic acid groups (broad SMARTS) is 1. The molecule has 1 radical (unpaired) electrons. The minimum Gasteiger partial charge on any atom is -0.478 e. The van der Waals surface area contributed by atoms with E-state index in [1.807, 2.05) is 0 Å². The van der Waals surface area contributed by atoms with E-state index in [1.54, 1.807) is 52.7 Å². The molecular formula is C24H17FLiN2O4S2. The topological polar surface area (TPSA) is 79.6 Å². The standard InChI is InChI=1S/C24H17FN2O4S2.Li/c25-20-10-8-18(9-11-20)17-27(33(30,31)22-7-4-16-32-22)15-12-19-5-3-6-21(24(28)29)23(19)26-13-1-2-14-26;/h1-11,13-14,16H,17H2,(H,28,29);. The second-order valence-electron chi connectivity index (χ2n) is 6.90. The summed E-state index contributed by atoms with van der Waals surface area (Å²) in [4.78, 5) is 11.8. The minimum absolute atomic E-state index is 0. The van der Waals surface area contributed by atoms with Crippen LogP contribution in [0.25, 0.3) is 5.69 Å². The van der Waals surface area contributed by atoms with E-state index in [0.717, 1.165) is 15.6 Å². The third kappa shape index (κ3) is 5.44. The van der Waals surface area contributed by atoms with Crippen molar-refractivity contribution in [1.82, 2.24) is 8.87 Å². The van der Waals surface area contributed by atoms with Gasteiger partial charge in [0.2, 0.25) is 0 Å². The summed E-state index contributed by atoms with van der Waals surface area (Å²) >= 11 is 1.06. The molecule has 2 aromatic carbocycles. The number of thiophene rings is 1. The summed E-state index contributed by atoms with van der Waals surface area (Å²) in [6.45, 7) is -0.106. The van der Waals surface area contributed by atoms with Gasteiger partial charge in [0, 0.05) is 37.3 Å². The maximum Gasteiger partial charge on any atom is 0.337 e. The third-order valence-electron chi connectivity index (χ3n) is 4.72. The first-order chi connectivity index (χ1) is 15.9. The van der Waals surface area contributed by atoms with Gasteiger partial charge in [0.1, 0.15) is 10.0 Å². The fourth-order valence-corrected chi connectivity index (χ4v) is 5.48. The molecule has 0 aliphatic rings. The number of para-hydroxylation sites is 1. The van der Waals surface area contributed by atoms with Crippen molar-refractivity contribution >= 4 is 46.2 Å². The van der Waals surface area contributed by atoms with Crippen molar-refractivity contribution in [3.8, 4) is 17.7 Å². The first-order valence-corrected chi connectivity index (χ1v) is 12.0. The number of carboxylic acids is 1. The van der Waals surface area contributed by atoms with Crippen LogP contribution in [-0.4, -0.2) is 47.2 Å². The number of hydrogen-bond acceptors (Lipinski definition) is 4. The van der Waals surface area contributed by atoms with Gasteiger partial charge in [-0.1, -0.05) is 24.3 Å². The molecule has 10 heteroatoms. The molecule has 4 aromatic rings. The van der Waals surface area contributed by atoms with Gasteiger partial charge in [-0.15, -0.1) is 11.3 Å². The van der Waals surface area contributed by atoms with Crippen LogP contribution in [0.3, 0.4) is 0 Å². The number of carbonyl (C=O) groups is 1. The molecule has 2 heterocycles. The molecule has 0 saturated heterocycles. The predicted octanol–water partition coefficient (Wildman–Crippen LogP) is 4.20. The normalized spacial score (nSPS) is 10.6. The van der Waals surface area contributed by atoms with Gasteiger partial charge in [0.15, 0.2) is 0 Å². The van der Waals surface area contributed by atoms with Crippen LogP contribution < -0.4 is 0 Å². The van der Waals surface area contributed by atoms with Gasteiger partial charge < -0.3 is 9.67 Å². The Morgan fingerprint density at radius 2 is 1.74 bits per heavy atom. The Balaban J connectivity index is 0.00000324. The first kappa shape index (κ1) is 25.4. The maximum absolute atomic E-state index is 13.3. The number of nitrogens with zero attached hydrogens (tertiary/aromatic N) is 2. The zero-order valence-corrected chi connectivity index (χ0v) is 19.7. The molecule has 0 bridgehead atoms. The summed E-state index contributed by atoms with van der Waals surface area (Å²) < 4.78 is 42.5. The molecule has 6 nitrogen and oxygen atoms in total. The zero-order valence-electron chi connectivity index (χ0n) is 18.1. The van der Waals surface area contributed by atoms with Crippen LogP contribution in [0.5, 0.6) is 0 Å². The van der Waals surface area contributed by atoms with Gasteiger partial charge in [-0.2, -0.15) is 8.42 Å². The Morgan fingerprint density at radius 3 is 2.35 bits per heavy atom. The van der Waals surface area contributed by atoms with Crippen LogP contribution in [0.15, 0.2) is 88.7 Å². The fraction of sp³-hybridized carbons (Fsp3) is 0.0417. The molecule has 34 heavy (non-hydrogen) atoms. The smallest absolute Gasteiger partial charge is 0.337 e. The van der Waals surface area contributed by atoms with Crippen LogP contribution in [0.2, 0.25) is 0 Å². The maximum atomic E-state index is 13.3. The summed E-state index contributed by atoms with van der Waals surface area (Å²) in [5.74, 6) is 1.28. The third-order valence-corrected chi connectivity index (χ3v) is 7.75. The molecule has 2 aromatic heterocycles. The minimum atomic E-state index is -3.97. The van der Waals surface area contributed by atoms with E-state index < -0.39 is 21.8 Å². The Kier molecular flexibility index (Phi) is 8.03. The largest absolute Gasteiger partial charge is 0.478 e. The molecule has 0 atom stereocenters. The summed E-state index contributed by atoms with van der Waals surface area (Å²) in [6.07, 6.45) is 3.37. The Morgan fingerprint density at radius 1 is 1.03 bits per heavy atom. The summed E-state index contributed by atoms with van der Waals surface area (Å²) in [6, 6.07) is 19.4. The van der Waals surface area contributed by atoms with Crippen molar-refractivity contribution in [3.63, 3.8) is 0 Å². The van der Waals surface area contributed by atoms with E-state index in [1.165, 1.54) is 36.4 Å². The van der Waals surface area contributed by atoms with E-state index in [0.29, 0.717) is 16.8 Å². The average Bonchev–Trinajstić information content (AvgIpc) is 3.52. The number of hydrogen-bond donors (Lipinski definition) is 1. The van der Waals surface area contributed by atoms with Gasteiger partial charge in [-0.3, -0.25) is 0 Å². The molecule has 4 rings (SSSR count). The average molecular weight is 487 g/mol. The van der Waals surface area contributed by atoms with E-state index in [9.17, 15) is 22.7 Å². The van der Waals surface area contributed by atoms with Crippen LogP contribution >= 0.6 is 11.3 Å². The van der Waals surface area contributed by atoms with Gasteiger partial charge in [-0.05, 0) is 59.3 Å². The number of rotatable bonds is 6. The monoisotopic (exact) mass is 487 g/mol. The van der Waals surface area contributed by atoms with Gasteiger partial charge >= 0.3 is 5.97 Å². The summed E-state index contributed by atoms with van der Waals surface area (Å²) in [5, 5.41) is 11.3. The number of halogens is 1. The number of sulfonamides is 1. The molecule has 0 saturated carbocycles. The first-order valence-electron chi connectivity index (χ1n) is 9.68. The van der Waals surface area contributed by atoms with E-state index >= 15 is 0 Å². The van der Waals surface area contributed by atoms with Crippen molar-refractivity contribution < 1.29 is 22.7 Å². The van der Waals surface area contributed by atoms with Crippen LogP contribution in [0, 0.1) is 17.8 Å². The summed E-state index contributed by atoms with van der Waals surface area (Å²) in [7, 11) is -3.97. The SMILES string of the molecule is O=C(O)c1cccc(C#CN(Cc2ccc(F)cc2)S(=O)(=O)c2cccs2)c1-n1cccc1.[Li]. The Labute approximate surface area is 212 Å². The molecular weight excluding hydrogens is 470 g/mol. The quantitative estimate of drug-likeness (QED) is 0.251. The predicted molar refractivity (Wildman–Crippen MR) is 129 cm³/mol. The van der Waals surface area contributed by atoms with Crippen molar-refractivity contribution in [3.05, 3.63) is 107 Å². The molecule has 0 aliphatic carbocycles. The molecule has 0 aliphatic heterocycles.